The molecule has 0 aliphatic carbocycles. The number of carboxylic acid groups (broad SMARTS) is 1. The molecule has 1 aliphatic heterocycles. The van der Waals surface area contributed by atoms with Crippen molar-refractivity contribution in [1.29, 1.82) is 0 Å². The van der Waals surface area contributed by atoms with E-state index in [9.17, 15) is 9.59 Å². The van der Waals surface area contributed by atoms with Crippen LogP contribution in [0.5, 0.6) is 0 Å². The molecule has 1 heterocycles. The van der Waals surface area contributed by atoms with Crippen LogP contribution >= 0.6 is 11.8 Å². The van der Waals surface area contributed by atoms with Crippen LogP contribution in [0.1, 0.15) is 32.1 Å². The monoisotopic (exact) mass is 288 g/mol. The average Bonchev–Trinajstić information content (AvgIpc) is 2.42. The number of hydrogen-bond donors (Lipinski definition) is 2. The zero-order chi connectivity index (χ0) is 14.1. The van der Waals surface area contributed by atoms with Crippen molar-refractivity contribution in [2.45, 2.75) is 32.1 Å². The van der Waals surface area contributed by atoms with Crippen LogP contribution in [0.3, 0.4) is 0 Å². The number of likely N-dealkylation sites (tertiary alicyclic amines) is 1. The Balaban J connectivity index is 2.16. The van der Waals surface area contributed by atoms with Crippen molar-refractivity contribution in [2.75, 3.05) is 31.6 Å². The van der Waals surface area contributed by atoms with Crippen molar-refractivity contribution < 1.29 is 14.7 Å². The van der Waals surface area contributed by atoms with Gasteiger partial charge in [0.2, 0.25) is 0 Å². The summed E-state index contributed by atoms with van der Waals surface area (Å²) in [6.45, 7) is 1.69. The second-order valence-corrected chi connectivity index (χ2v) is 5.89. The molecule has 1 rings (SSSR count). The zero-order valence-electron chi connectivity index (χ0n) is 11.6. The van der Waals surface area contributed by atoms with Gasteiger partial charge < -0.3 is 15.3 Å². The van der Waals surface area contributed by atoms with Gasteiger partial charge in [-0.1, -0.05) is 6.42 Å². The molecule has 19 heavy (non-hydrogen) atoms. The van der Waals surface area contributed by atoms with Gasteiger partial charge in [0.15, 0.2) is 0 Å². The molecule has 1 fully saturated rings. The van der Waals surface area contributed by atoms with Crippen molar-refractivity contribution in [1.82, 2.24) is 10.2 Å². The number of rotatable bonds is 7. The molecule has 2 amide bonds. The predicted octanol–water partition coefficient (Wildman–Crippen LogP) is 2.03. The fourth-order valence-corrected chi connectivity index (χ4v) is 2.71. The maximum Gasteiger partial charge on any atom is 0.317 e. The number of piperidine rings is 1. The summed E-state index contributed by atoms with van der Waals surface area (Å²) in [5.74, 6) is -0.0315. The van der Waals surface area contributed by atoms with Crippen LogP contribution in [0.25, 0.3) is 0 Å². The van der Waals surface area contributed by atoms with Gasteiger partial charge in [-0.25, -0.2) is 4.79 Å². The number of nitrogens with one attached hydrogen (secondary N) is 1. The molecule has 1 aliphatic rings. The molecule has 0 saturated carbocycles. The first kappa shape index (κ1) is 16.1. The van der Waals surface area contributed by atoms with Crippen molar-refractivity contribution in [3.8, 4) is 0 Å². The molecule has 1 saturated heterocycles. The Kier molecular flexibility index (Phi) is 7.70. The molecule has 6 heteroatoms. The third-order valence-electron chi connectivity index (χ3n) is 3.36. The summed E-state index contributed by atoms with van der Waals surface area (Å²) < 4.78 is 0. The van der Waals surface area contributed by atoms with E-state index < -0.39 is 11.9 Å². The zero-order valence-corrected chi connectivity index (χ0v) is 12.4. The lowest BCUT2D eigenvalue weighted by Gasteiger charge is -2.30. The van der Waals surface area contributed by atoms with Crippen LogP contribution in [0, 0.1) is 5.92 Å². The predicted molar refractivity (Wildman–Crippen MR) is 77.6 cm³/mol. The van der Waals surface area contributed by atoms with Gasteiger partial charge in [0.05, 0.1) is 5.92 Å². The first-order valence-corrected chi connectivity index (χ1v) is 8.29. The second-order valence-electron chi connectivity index (χ2n) is 4.91. The number of nitrogens with zero attached hydrogens (tertiary/aromatic N) is 1. The Bertz CT molecular complexity index is 300. The number of amides is 2. The molecular formula is C13H24N2O3S. The fourth-order valence-electron chi connectivity index (χ4n) is 2.22. The molecule has 0 spiro atoms. The SMILES string of the molecule is CSCCCCCNC(=O)N1CCC[C@@H](C(=O)O)C1. The van der Waals surface area contributed by atoms with Gasteiger partial charge in [-0.2, -0.15) is 11.8 Å². The normalized spacial score (nSPS) is 19.2. The lowest BCUT2D eigenvalue weighted by atomic mass is 9.99. The van der Waals surface area contributed by atoms with Crippen molar-refractivity contribution in [2.24, 2.45) is 5.92 Å². The smallest absolute Gasteiger partial charge is 0.317 e. The number of carboxylic acids is 1. The molecule has 0 aromatic carbocycles. The molecule has 0 unspecified atom stereocenters. The van der Waals surface area contributed by atoms with Gasteiger partial charge in [0, 0.05) is 19.6 Å². The Morgan fingerprint density at radius 1 is 1.37 bits per heavy atom. The minimum absolute atomic E-state index is 0.115. The Morgan fingerprint density at radius 2 is 2.16 bits per heavy atom. The van der Waals surface area contributed by atoms with Crippen LogP contribution in [0.15, 0.2) is 0 Å². The summed E-state index contributed by atoms with van der Waals surface area (Å²) in [6.07, 6.45) is 6.84. The fraction of sp³-hybridized carbons (Fsp3) is 0.846. The molecular weight excluding hydrogens is 264 g/mol. The van der Waals surface area contributed by atoms with E-state index in [1.165, 1.54) is 12.2 Å². The highest BCUT2D eigenvalue weighted by molar-refractivity contribution is 7.98. The first-order chi connectivity index (χ1) is 9.15. The van der Waals surface area contributed by atoms with Gasteiger partial charge in [-0.15, -0.1) is 0 Å². The van der Waals surface area contributed by atoms with Gasteiger partial charge >= 0.3 is 12.0 Å². The second kappa shape index (κ2) is 9.07. The van der Waals surface area contributed by atoms with E-state index in [0.717, 1.165) is 19.3 Å². The summed E-state index contributed by atoms with van der Waals surface area (Å²) in [5, 5.41) is 11.9. The Morgan fingerprint density at radius 3 is 2.84 bits per heavy atom. The number of carbonyl (C=O) groups is 2. The van der Waals surface area contributed by atoms with E-state index in [0.29, 0.717) is 26.1 Å². The number of urea groups is 1. The van der Waals surface area contributed by atoms with E-state index in [-0.39, 0.29) is 6.03 Å². The largest absolute Gasteiger partial charge is 0.481 e. The minimum atomic E-state index is -0.797. The van der Waals surface area contributed by atoms with Crippen LogP contribution in [0.4, 0.5) is 4.79 Å². The van der Waals surface area contributed by atoms with Gasteiger partial charge in [0.25, 0.3) is 0 Å². The molecule has 110 valence electrons. The van der Waals surface area contributed by atoms with E-state index in [4.69, 9.17) is 5.11 Å². The molecule has 5 nitrogen and oxygen atoms in total. The van der Waals surface area contributed by atoms with Crippen molar-refractivity contribution in [3.05, 3.63) is 0 Å². The van der Waals surface area contributed by atoms with E-state index in [1.807, 2.05) is 11.8 Å². The lowest BCUT2D eigenvalue weighted by Crippen LogP contribution is -2.47. The quantitative estimate of drug-likeness (QED) is 0.703. The van der Waals surface area contributed by atoms with Gasteiger partial charge in [0.1, 0.15) is 0 Å². The molecule has 0 radical (unpaired) electrons. The topological polar surface area (TPSA) is 69.6 Å². The van der Waals surface area contributed by atoms with Crippen LogP contribution in [0.2, 0.25) is 0 Å². The number of aliphatic carboxylic acids is 1. The summed E-state index contributed by atoms with van der Waals surface area (Å²) in [7, 11) is 0. The number of carbonyl (C=O) groups excluding carboxylic acids is 1. The van der Waals surface area contributed by atoms with E-state index >= 15 is 0 Å². The van der Waals surface area contributed by atoms with Crippen molar-refractivity contribution >= 4 is 23.8 Å². The number of hydrogen-bond acceptors (Lipinski definition) is 3. The third kappa shape index (κ3) is 6.18. The summed E-state index contributed by atoms with van der Waals surface area (Å²) >= 11 is 1.84. The highest BCUT2D eigenvalue weighted by Gasteiger charge is 2.27. The molecule has 1 atom stereocenters. The summed E-state index contributed by atoms with van der Waals surface area (Å²) in [4.78, 5) is 24.4. The first-order valence-electron chi connectivity index (χ1n) is 6.89. The van der Waals surface area contributed by atoms with Gasteiger partial charge in [-0.05, 0) is 37.7 Å². The highest BCUT2D eigenvalue weighted by Crippen LogP contribution is 2.16. The van der Waals surface area contributed by atoms with E-state index in [1.54, 1.807) is 4.90 Å². The molecule has 0 bridgehead atoms. The maximum atomic E-state index is 11.9. The van der Waals surface area contributed by atoms with Crippen LogP contribution < -0.4 is 5.32 Å². The van der Waals surface area contributed by atoms with Crippen LogP contribution in [-0.2, 0) is 4.79 Å². The Labute approximate surface area is 119 Å². The van der Waals surface area contributed by atoms with Crippen molar-refractivity contribution in [3.63, 3.8) is 0 Å². The number of thioether (sulfide) groups is 1. The standard InChI is InChI=1S/C13H24N2O3S/c1-19-9-4-2-3-7-14-13(18)15-8-5-6-11(10-15)12(16)17/h11H,2-10H2,1H3,(H,14,18)(H,16,17)/t11-/m1/s1. The number of unbranched alkanes of at least 4 members (excludes halogenated alkanes) is 2. The summed E-state index contributed by atoms with van der Waals surface area (Å²) in [6, 6.07) is -0.115. The summed E-state index contributed by atoms with van der Waals surface area (Å²) in [5.41, 5.74) is 0. The molecule has 2 N–H and O–H groups in total. The molecule has 0 aromatic heterocycles. The maximum absolute atomic E-state index is 11.9. The molecule has 0 aromatic rings. The van der Waals surface area contributed by atoms with E-state index in [2.05, 4.69) is 11.6 Å². The third-order valence-corrected chi connectivity index (χ3v) is 4.06. The highest BCUT2D eigenvalue weighted by atomic mass is 32.2. The average molecular weight is 288 g/mol. The Hall–Kier alpha value is -0.910. The van der Waals surface area contributed by atoms with Gasteiger partial charge in [-0.3, -0.25) is 4.79 Å². The van der Waals surface area contributed by atoms with Crippen LogP contribution in [-0.4, -0.2) is 53.6 Å². The minimum Gasteiger partial charge on any atom is -0.481 e. The lowest BCUT2D eigenvalue weighted by molar-refractivity contribution is -0.143.